The smallest absolute Gasteiger partial charge is 0.241 e. The van der Waals surface area contributed by atoms with Crippen molar-refractivity contribution in [3.05, 3.63) is 18.2 Å². The van der Waals surface area contributed by atoms with E-state index < -0.39 is 0 Å². The first-order valence-corrected chi connectivity index (χ1v) is 4.85. The summed E-state index contributed by atoms with van der Waals surface area (Å²) in [5, 5.41) is 7.58. The molecule has 0 saturated carbocycles. The van der Waals surface area contributed by atoms with Gasteiger partial charge in [0.2, 0.25) is 5.95 Å². The molecule has 0 radical (unpaired) electrons. The van der Waals surface area contributed by atoms with E-state index in [1.807, 2.05) is 0 Å². The van der Waals surface area contributed by atoms with Crippen molar-refractivity contribution in [1.82, 2.24) is 14.9 Å². The molecule has 0 bridgehead atoms. The number of anilines is 1. The molecule has 7 nitrogen and oxygen atoms in total. The summed E-state index contributed by atoms with van der Waals surface area (Å²) in [5.41, 5.74) is 6.24. The van der Waals surface area contributed by atoms with Crippen LogP contribution in [0.5, 0.6) is 11.5 Å². The van der Waals surface area contributed by atoms with Crippen molar-refractivity contribution < 1.29 is 9.47 Å². The topological polar surface area (TPSA) is 101 Å². The Morgan fingerprint density at radius 3 is 2.06 bits per heavy atom. The number of hydrogen-bond donors (Lipinski definition) is 2. The fourth-order valence-electron chi connectivity index (χ4n) is 1.44. The van der Waals surface area contributed by atoms with Crippen molar-refractivity contribution in [3.63, 3.8) is 0 Å². The van der Waals surface area contributed by atoms with Crippen LogP contribution in [0.15, 0.2) is 18.2 Å². The molecule has 0 aliphatic heterocycles. The Hall–Kier alpha value is -2.44. The summed E-state index contributed by atoms with van der Waals surface area (Å²) in [7, 11) is 3.14. The molecule has 4 N–H and O–H groups in total. The highest BCUT2D eigenvalue weighted by molar-refractivity contribution is 5.62. The number of nitrogen functional groups attached to an aromatic ring is 2. The zero-order valence-corrected chi connectivity index (χ0v) is 9.54. The highest BCUT2D eigenvalue weighted by Crippen LogP contribution is 2.28. The van der Waals surface area contributed by atoms with E-state index in [0.29, 0.717) is 22.9 Å². The molecule has 0 spiro atoms. The molecule has 0 amide bonds. The highest BCUT2D eigenvalue weighted by atomic mass is 16.5. The Morgan fingerprint density at radius 2 is 1.65 bits per heavy atom. The Balaban J connectivity index is 2.54. The number of aromatic nitrogens is 3. The number of ether oxygens (including phenoxy) is 2. The molecule has 17 heavy (non-hydrogen) atoms. The molecule has 2 aromatic rings. The standard InChI is InChI=1S/C10H13N5O2/c1-16-7-3-6(4-8(5-7)17-2)9-13-14-10(11)15(9)12/h3-5H,12H2,1-2H3,(H2,11,14). The van der Waals surface area contributed by atoms with Gasteiger partial charge in [0.25, 0.3) is 0 Å². The van der Waals surface area contributed by atoms with Gasteiger partial charge in [0, 0.05) is 11.6 Å². The number of hydrogen-bond acceptors (Lipinski definition) is 6. The summed E-state index contributed by atoms with van der Waals surface area (Å²) in [5.74, 6) is 7.57. The van der Waals surface area contributed by atoms with Crippen LogP contribution in [0.2, 0.25) is 0 Å². The Kier molecular flexibility index (Phi) is 2.73. The number of benzene rings is 1. The fourth-order valence-corrected chi connectivity index (χ4v) is 1.44. The molecule has 0 fully saturated rings. The van der Waals surface area contributed by atoms with Crippen molar-refractivity contribution in [2.75, 3.05) is 25.8 Å². The van der Waals surface area contributed by atoms with E-state index in [0.717, 1.165) is 0 Å². The van der Waals surface area contributed by atoms with Crippen molar-refractivity contribution >= 4 is 5.95 Å². The normalized spacial score (nSPS) is 10.2. The molecule has 0 aliphatic carbocycles. The minimum Gasteiger partial charge on any atom is -0.497 e. The number of methoxy groups -OCH3 is 2. The van der Waals surface area contributed by atoms with Gasteiger partial charge < -0.3 is 21.1 Å². The largest absolute Gasteiger partial charge is 0.497 e. The predicted octanol–water partition coefficient (Wildman–Crippen LogP) is 0.258. The molecule has 7 heteroatoms. The van der Waals surface area contributed by atoms with E-state index in [1.54, 1.807) is 32.4 Å². The lowest BCUT2D eigenvalue weighted by molar-refractivity contribution is 0.394. The summed E-state index contributed by atoms with van der Waals surface area (Å²) in [6, 6.07) is 5.30. The van der Waals surface area contributed by atoms with E-state index in [1.165, 1.54) is 4.68 Å². The Bertz CT molecular complexity index is 515. The summed E-state index contributed by atoms with van der Waals surface area (Å²) in [4.78, 5) is 0. The third kappa shape index (κ3) is 1.94. The van der Waals surface area contributed by atoms with Gasteiger partial charge in [-0.3, -0.25) is 0 Å². The molecule has 0 saturated heterocycles. The monoisotopic (exact) mass is 235 g/mol. The van der Waals surface area contributed by atoms with Crippen molar-refractivity contribution in [2.45, 2.75) is 0 Å². The minimum absolute atomic E-state index is 0.141. The zero-order chi connectivity index (χ0) is 12.4. The van der Waals surface area contributed by atoms with Crippen LogP contribution in [0.25, 0.3) is 11.4 Å². The van der Waals surface area contributed by atoms with Gasteiger partial charge >= 0.3 is 0 Å². The van der Waals surface area contributed by atoms with E-state index in [4.69, 9.17) is 21.1 Å². The second-order valence-electron chi connectivity index (χ2n) is 3.35. The summed E-state index contributed by atoms with van der Waals surface area (Å²) < 4.78 is 11.5. The van der Waals surface area contributed by atoms with E-state index >= 15 is 0 Å². The number of rotatable bonds is 3. The van der Waals surface area contributed by atoms with Crippen LogP contribution < -0.4 is 21.1 Å². The van der Waals surface area contributed by atoms with Gasteiger partial charge in [-0.2, -0.15) is 0 Å². The highest BCUT2D eigenvalue weighted by Gasteiger charge is 2.11. The second-order valence-corrected chi connectivity index (χ2v) is 3.35. The molecular formula is C10H13N5O2. The number of nitrogens with two attached hydrogens (primary N) is 2. The molecule has 0 atom stereocenters. The van der Waals surface area contributed by atoms with Gasteiger partial charge in [-0.15, -0.1) is 10.2 Å². The van der Waals surface area contributed by atoms with E-state index in [-0.39, 0.29) is 5.95 Å². The van der Waals surface area contributed by atoms with Crippen LogP contribution >= 0.6 is 0 Å². The Morgan fingerprint density at radius 1 is 1.06 bits per heavy atom. The fraction of sp³-hybridized carbons (Fsp3) is 0.200. The van der Waals surface area contributed by atoms with Crippen molar-refractivity contribution in [1.29, 1.82) is 0 Å². The van der Waals surface area contributed by atoms with Crippen LogP contribution in [0, 0.1) is 0 Å². The summed E-state index contributed by atoms with van der Waals surface area (Å²) in [6.45, 7) is 0. The SMILES string of the molecule is COc1cc(OC)cc(-c2nnc(N)n2N)c1. The van der Waals surface area contributed by atoms with Gasteiger partial charge in [-0.05, 0) is 12.1 Å². The molecule has 2 rings (SSSR count). The minimum atomic E-state index is 0.141. The van der Waals surface area contributed by atoms with Crippen LogP contribution in [-0.4, -0.2) is 29.1 Å². The molecule has 0 aliphatic rings. The van der Waals surface area contributed by atoms with Gasteiger partial charge in [-0.1, -0.05) is 0 Å². The van der Waals surface area contributed by atoms with Crippen LogP contribution in [0.1, 0.15) is 0 Å². The maximum absolute atomic E-state index is 5.70. The first-order valence-electron chi connectivity index (χ1n) is 4.85. The van der Waals surface area contributed by atoms with Crippen LogP contribution in [0.3, 0.4) is 0 Å². The van der Waals surface area contributed by atoms with Crippen LogP contribution in [0.4, 0.5) is 5.95 Å². The molecule has 0 unspecified atom stereocenters. The first kappa shape index (κ1) is 11.1. The average Bonchev–Trinajstić information content (AvgIpc) is 2.69. The summed E-state index contributed by atoms with van der Waals surface area (Å²) in [6.07, 6.45) is 0. The third-order valence-electron chi connectivity index (χ3n) is 2.33. The zero-order valence-electron chi connectivity index (χ0n) is 9.54. The first-order chi connectivity index (χ1) is 8.15. The molecule has 1 aromatic carbocycles. The van der Waals surface area contributed by atoms with Gasteiger partial charge in [0.05, 0.1) is 14.2 Å². The number of nitrogens with zero attached hydrogens (tertiary/aromatic N) is 3. The molecular weight excluding hydrogens is 222 g/mol. The lowest BCUT2D eigenvalue weighted by Crippen LogP contribution is -2.13. The van der Waals surface area contributed by atoms with E-state index in [9.17, 15) is 0 Å². The second kappa shape index (κ2) is 4.20. The quantitative estimate of drug-likeness (QED) is 0.740. The third-order valence-corrected chi connectivity index (χ3v) is 2.33. The maximum atomic E-state index is 5.70. The van der Waals surface area contributed by atoms with Gasteiger partial charge in [0.15, 0.2) is 5.82 Å². The lowest BCUT2D eigenvalue weighted by Gasteiger charge is -2.07. The van der Waals surface area contributed by atoms with E-state index in [2.05, 4.69) is 10.2 Å². The molecule has 1 heterocycles. The average molecular weight is 235 g/mol. The predicted molar refractivity (Wildman–Crippen MR) is 63.1 cm³/mol. The maximum Gasteiger partial charge on any atom is 0.241 e. The molecule has 90 valence electrons. The van der Waals surface area contributed by atoms with Crippen molar-refractivity contribution in [3.8, 4) is 22.9 Å². The molecule has 1 aromatic heterocycles. The lowest BCUT2D eigenvalue weighted by atomic mass is 10.2. The van der Waals surface area contributed by atoms with Crippen LogP contribution in [-0.2, 0) is 0 Å². The van der Waals surface area contributed by atoms with Crippen molar-refractivity contribution in [2.24, 2.45) is 0 Å². The summed E-state index contributed by atoms with van der Waals surface area (Å²) >= 11 is 0. The van der Waals surface area contributed by atoms with Gasteiger partial charge in [-0.25, -0.2) is 4.68 Å². The van der Waals surface area contributed by atoms with Gasteiger partial charge in [0.1, 0.15) is 11.5 Å². The Labute approximate surface area is 97.9 Å².